The highest BCUT2D eigenvalue weighted by molar-refractivity contribution is 7.86. The van der Waals surface area contributed by atoms with Crippen molar-refractivity contribution in [3.8, 4) is 0 Å². The molecule has 0 bridgehead atoms. The Balaban J connectivity index is 0.00000121. The highest BCUT2D eigenvalue weighted by atomic mass is 35.5. The van der Waals surface area contributed by atoms with Crippen molar-refractivity contribution in [2.24, 2.45) is 0 Å². The molecule has 1 saturated heterocycles. The van der Waals surface area contributed by atoms with Gasteiger partial charge in [0, 0.05) is 6.54 Å². The second-order valence-electron chi connectivity index (χ2n) is 3.04. The fourth-order valence-corrected chi connectivity index (χ4v) is 2.27. The van der Waals surface area contributed by atoms with Gasteiger partial charge in [-0.1, -0.05) is 0 Å². The first-order valence-electron chi connectivity index (χ1n) is 3.65. The van der Waals surface area contributed by atoms with Crippen LogP contribution in [0.3, 0.4) is 0 Å². The van der Waals surface area contributed by atoms with Crippen LogP contribution in [0.25, 0.3) is 0 Å². The van der Waals surface area contributed by atoms with Crippen LogP contribution in [0.15, 0.2) is 0 Å². The minimum atomic E-state index is -3.80. The Morgan fingerprint density at radius 2 is 2.08 bits per heavy atom. The van der Waals surface area contributed by atoms with Gasteiger partial charge < -0.3 is 4.90 Å². The second kappa shape index (κ2) is 4.41. The lowest BCUT2D eigenvalue weighted by Gasteiger charge is -2.27. The largest absolute Gasteiger partial charge is 0.305 e. The molecule has 6 heteroatoms. The van der Waals surface area contributed by atoms with Crippen LogP contribution in [0.5, 0.6) is 0 Å². The third-order valence-electron chi connectivity index (χ3n) is 2.00. The van der Waals surface area contributed by atoms with Gasteiger partial charge in [0.2, 0.25) is 0 Å². The average Bonchev–Trinajstić information content (AvgIpc) is 1.86. The quantitative estimate of drug-likeness (QED) is 0.643. The summed E-state index contributed by atoms with van der Waals surface area (Å²) in [6.07, 6.45) is 1.43. The molecule has 1 aliphatic heterocycles. The summed E-state index contributed by atoms with van der Waals surface area (Å²) in [4.78, 5) is 1.92. The third-order valence-corrected chi connectivity index (χ3v) is 3.23. The summed E-state index contributed by atoms with van der Waals surface area (Å²) in [5.74, 6) is 0. The molecular formula is C6H14ClNO3S. The molecule has 1 unspecified atom stereocenters. The molecule has 0 amide bonds. The number of hydrogen-bond acceptors (Lipinski definition) is 3. The van der Waals surface area contributed by atoms with Gasteiger partial charge in [-0.15, -0.1) is 12.4 Å². The first-order chi connectivity index (χ1) is 5.00. The van der Waals surface area contributed by atoms with Gasteiger partial charge in [0.15, 0.2) is 0 Å². The standard InChI is InChI=1S/C6H13NO3S.ClH/c1-7-4-2-3-6(5-7)11(8,9)10;/h6H,2-5H2,1H3,(H,8,9,10);1H. The SMILES string of the molecule is CN1CCCC(S(=O)(=O)O)C1.Cl. The van der Waals surface area contributed by atoms with Crippen LogP contribution < -0.4 is 0 Å². The van der Waals surface area contributed by atoms with Crippen molar-refractivity contribution in [2.45, 2.75) is 18.1 Å². The van der Waals surface area contributed by atoms with E-state index in [-0.39, 0.29) is 12.4 Å². The lowest BCUT2D eigenvalue weighted by atomic mass is 10.1. The van der Waals surface area contributed by atoms with E-state index in [2.05, 4.69) is 0 Å². The van der Waals surface area contributed by atoms with E-state index < -0.39 is 15.4 Å². The second-order valence-corrected chi connectivity index (χ2v) is 4.74. The summed E-state index contributed by atoms with van der Waals surface area (Å²) in [5, 5.41) is -0.568. The molecule has 1 rings (SSSR count). The third kappa shape index (κ3) is 3.26. The maximum absolute atomic E-state index is 10.7. The van der Waals surface area contributed by atoms with E-state index in [9.17, 15) is 8.42 Å². The summed E-state index contributed by atoms with van der Waals surface area (Å²) in [6, 6.07) is 0. The van der Waals surface area contributed by atoms with Crippen molar-refractivity contribution in [2.75, 3.05) is 20.1 Å². The minimum absolute atomic E-state index is 0. The Hall–Kier alpha value is 0.160. The molecule has 0 aromatic rings. The Morgan fingerprint density at radius 1 is 1.50 bits per heavy atom. The van der Waals surface area contributed by atoms with Crippen LogP contribution in [0.2, 0.25) is 0 Å². The normalized spacial score (nSPS) is 26.3. The highest BCUT2D eigenvalue weighted by Crippen LogP contribution is 2.14. The molecule has 1 atom stereocenters. The van der Waals surface area contributed by atoms with Gasteiger partial charge in [-0.05, 0) is 26.4 Å². The number of piperidine rings is 1. The topological polar surface area (TPSA) is 57.6 Å². The fraction of sp³-hybridized carbons (Fsp3) is 1.00. The predicted molar refractivity (Wildman–Crippen MR) is 49.3 cm³/mol. The average molecular weight is 216 g/mol. The van der Waals surface area contributed by atoms with Gasteiger partial charge in [-0.3, -0.25) is 4.55 Å². The summed E-state index contributed by atoms with van der Waals surface area (Å²) in [5.41, 5.74) is 0. The monoisotopic (exact) mass is 215 g/mol. The van der Waals surface area contributed by atoms with Crippen LogP contribution in [0.1, 0.15) is 12.8 Å². The van der Waals surface area contributed by atoms with Crippen molar-refractivity contribution in [3.05, 3.63) is 0 Å². The van der Waals surface area contributed by atoms with Gasteiger partial charge >= 0.3 is 0 Å². The predicted octanol–water partition coefficient (Wildman–Crippen LogP) is 0.390. The number of rotatable bonds is 1. The van der Waals surface area contributed by atoms with Crippen LogP contribution in [0.4, 0.5) is 0 Å². The molecular weight excluding hydrogens is 202 g/mol. The molecule has 0 spiro atoms. The van der Waals surface area contributed by atoms with E-state index in [1.165, 1.54) is 0 Å². The zero-order valence-corrected chi connectivity index (χ0v) is 8.57. The molecule has 0 aromatic heterocycles. The van der Waals surface area contributed by atoms with Gasteiger partial charge in [0.1, 0.15) is 0 Å². The van der Waals surface area contributed by atoms with Crippen molar-refractivity contribution in [1.29, 1.82) is 0 Å². The molecule has 12 heavy (non-hydrogen) atoms. The van der Waals surface area contributed by atoms with Crippen LogP contribution in [-0.2, 0) is 10.1 Å². The van der Waals surface area contributed by atoms with Gasteiger partial charge in [-0.25, -0.2) is 0 Å². The molecule has 1 fully saturated rings. The lowest BCUT2D eigenvalue weighted by Crippen LogP contribution is -2.39. The Bertz CT molecular complexity index is 229. The first kappa shape index (κ1) is 12.2. The molecule has 0 aliphatic carbocycles. The smallest absolute Gasteiger partial charge is 0.269 e. The maximum Gasteiger partial charge on any atom is 0.269 e. The van der Waals surface area contributed by atoms with Crippen molar-refractivity contribution >= 4 is 22.5 Å². The Labute approximate surface area is 79.1 Å². The molecule has 0 saturated carbocycles. The zero-order chi connectivity index (χ0) is 8.48. The van der Waals surface area contributed by atoms with E-state index in [4.69, 9.17) is 4.55 Å². The number of hydrogen-bond donors (Lipinski definition) is 1. The van der Waals surface area contributed by atoms with Crippen molar-refractivity contribution in [3.63, 3.8) is 0 Å². The lowest BCUT2D eigenvalue weighted by molar-refractivity contribution is 0.271. The Morgan fingerprint density at radius 3 is 2.42 bits per heavy atom. The van der Waals surface area contributed by atoms with E-state index in [0.29, 0.717) is 13.0 Å². The van der Waals surface area contributed by atoms with Crippen LogP contribution in [0, 0.1) is 0 Å². The first-order valence-corrected chi connectivity index (χ1v) is 5.15. The van der Waals surface area contributed by atoms with Gasteiger partial charge in [0.05, 0.1) is 5.25 Å². The van der Waals surface area contributed by atoms with Crippen molar-refractivity contribution < 1.29 is 13.0 Å². The molecule has 1 heterocycles. The van der Waals surface area contributed by atoms with Crippen LogP contribution in [-0.4, -0.2) is 43.3 Å². The van der Waals surface area contributed by atoms with E-state index in [1.807, 2.05) is 11.9 Å². The van der Waals surface area contributed by atoms with Gasteiger partial charge in [0.25, 0.3) is 10.1 Å². The molecule has 0 radical (unpaired) electrons. The van der Waals surface area contributed by atoms with E-state index in [0.717, 1.165) is 13.0 Å². The minimum Gasteiger partial charge on any atom is -0.305 e. The summed E-state index contributed by atoms with van der Waals surface area (Å²) in [7, 11) is -1.94. The summed E-state index contributed by atoms with van der Waals surface area (Å²) < 4.78 is 30.0. The van der Waals surface area contributed by atoms with Gasteiger partial charge in [-0.2, -0.15) is 8.42 Å². The van der Waals surface area contributed by atoms with E-state index in [1.54, 1.807) is 0 Å². The molecule has 1 aliphatic rings. The maximum atomic E-state index is 10.7. The molecule has 1 N–H and O–H groups in total. The molecule has 4 nitrogen and oxygen atoms in total. The van der Waals surface area contributed by atoms with E-state index >= 15 is 0 Å². The Kier molecular flexibility index (Phi) is 4.47. The zero-order valence-electron chi connectivity index (χ0n) is 6.93. The summed E-state index contributed by atoms with van der Waals surface area (Å²) in [6.45, 7) is 1.38. The highest BCUT2D eigenvalue weighted by Gasteiger charge is 2.27. The number of halogens is 1. The molecule has 0 aromatic carbocycles. The molecule has 74 valence electrons. The number of likely N-dealkylation sites (tertiary alicyclic amines) is 1. The fourth-order valence-electron chi connectivity index (χ4n) is 1.36. The van der Waals surface area contributed by atoms with Crippen LogP contribution >= 0.6 is 12.4 Å². The van der Waals surface area contributed by atoms with Crippen molar-refractivity contribution in [1.82, 2.24) is 4.90 Å². The summed E-state index contributed by atoms with van der Waals surface area (Å²) >= 11 is 0. The number of nitrogens with zero attached hydrogens (tertiary/aromatic N) is 1.